The summed E-state index contributed by atoms with van der Waals surface area (Å²) in [5.74, 6) is -0.243. The molecule has 2 aromatic rings. The minimum absolute atomic E-state index is 0.150. The monoisotopic (exact) mass is 424 g/mol. The zero-order valence-electron chi connectivity index (χ0n) is 19.3. The molecule has 0 saturated heterocycles. The van der Waals surface area contributed by atoms with Gasteiger partial charge in [0.1, 0.15) is 5.60 Å². The Hall–Kier alpha value is -2.17. The standard InChI is InChI=1S/C26H36O3Si/c1-8-15-21(20-24(27)28-25(2,3)4)29-30(26(5,6)7,22-16-11-9-12-17-22)23-18-13-10-14-19-23/h8-14,16-19,21H,1,15,20H2,2-7H3/t21-/m0/s1. The van der Waals surface area contributed by atoms with Gasteiger partial charge in [-0.3, -0.25) is 4.79 Å². The van der Waals surface area contributed by atoms with E-state index in [-0.39, 0.29) is 23.5 Å². The Bertz CT molecular complexity index is 777. The van der Waals surface area contributed by atoms with Crippen LogP contribution >= 0.6 is 0 Å². The molecule has 3 nitrogen and oxygen atoms in total. The number of carbonyl (C=O) groups is 1. The molecule has 0 aliphatic rings. The van der Waals surface area contributed by atoms with E-state index in [4.69, 9.17) is 9.16 Å². The van der Waals surface area contributed by atoms with Crippen LogP contribution in [0.15, 0.2) is 73.3 Å². The smallest absolute Gasteiger partial charge is 0.308 e. The van der Waals surface area contributed by atoms with Crippen LogP contribution in [0.1, 0.15) is 54.4 Å². The first-order valence-electron chi connectivity index (χ1n) is 10.6. The van der Waals surface area contributed by atoms with Crippen molar-refractivity contribution in [2.24, 2.45) is 0 Å². The lowest BCUT2D eigenvalue weighted by atomic mass is 10.1. The highest BCUT2D eigenvalue weighted by Gasteiger charge is 2.51. The fourth-order valence-corrected chi connectivity index (χ4v) is 8.56. The van der Waals surface area contributed by atoms with Crippen molar-refractivity contribution in [2.45, 2.75) is 71.1 Å². The van der Waals surface area contributed by atoms with E-state index in [1.54, 1.807) is 0 Å². The third kappa shape index (κ3) is 5.93. The van der Waals surface area contributed by atoms with Crippen LogP contribution < -0.4 is 10.4 Å². The molecule has 0 unspecified atom stereocenters. The van der Waals surface area contributed by atoms with Gasteiger partial charge in [-0.05, 0) is 42.6 Å². The number of esters is 1. The van der Waals surface area contributed by atoms with Crippen LogP contribution in [0.5, 0.6) is 0 Å². The van der Waals surface area contributed by atoms with Crippen LogP contribution in [0, 0.1) is 0 Å². The second-order valence-electron chi connectivity index (χ2n) is 9.72. The molecule has 162 valence electrons. The molecule has 0 bridgehead atoms. The van der Waals surface area contributed by atoms with E-state index in [0.29, 0.717) is 6.42 Å². The highest BCUT2D eigenvalue weighted by atomic mass is 28.4. The predicted molar refractivity (Wildman–Crippen MR) is 128 cm³/mol. The summed E-state index contributed by atoms with van der Waals surface area (Å²) in [7, 11) is -2.73. The van der Waals surface area contributed by atoms with Crippen molar-refractivity contribution < 1.29 is 14.0 Å². The van der Waals surface area contributed by atoms with Crippen LogP contribution in [-0.2, 0) is 14.0 Å². The average Bonchev–Trinajstić information content (AvgIpc) is 2.65. The van der Waals surface area contributed by atoms with Gasteiger partial charge in [-0.25, -0.2) is 0 Å². The molecule has 0 fully saturated rings. The minimum Gasteiger partial charge on any atom is -0.460 e. The van der Waals surface area contributed by atoms with Gasteiger partial charge in [0.25, 0.3) is 8.32 Å². The van der Waals surface area contributed by atoms with Crippen LogP contribution in [0.2, 0.25) is 5.04 Å². The maximum Gasteiger partial charge on any atom is 0.308 e. The van der Waals surface area contributed by atoms with E-state index in [0.717, 1.165) is 0 Å². The predicted octanol–water partition coefficient (Wildman–Crippen LogP) is 5.24. The van der Waals surface area contributed by atoms with Gasteiger partial charge in [0, 0.05) is 0 Å². The molecule has 0 aromatic heterocycles. The zero-order valence-corrected chi connectivity index (χ0v) is 20.3. The summed E-state index contributed by atoms with van der Waals surface area (Å²) in [6, 6.07) is 20.9. The number of ether oxygens (including phenoxy) is 1. The van der Waals surface area contributed by atoms with Crippen LogP contribution in [-0.4, -0.2) is 26.0 Å². The highest BCUT2D eigenvalue weighted by molar-refractivity contribution is 6.99. The summed E-state index contributed by atoms with van der Waals surface area (Å²) in [6.07, 6.45) is 2.31. The maximum atomic E-state index is 12.6. The molecule has 0 N–H and O–H groups in total. The number of benzene rings is 2. The summed E-state index contributed by atoms with van der Waals surface area (Å²) in [5.41, 5.74) is -0.521. The maximum absolute atomic E-state index is 12.6. The fraction of sp³-hybridized carbons (Fsp3) is 0.423. The Morgan fingerprint density at radius 1 is 0.933 bits per heavy atom. The third-order valence-electron chi connectivity index (χ3n) is 5.00. The molecule has 30 heavy (non-hydrogen) atoms. The SMILES string of the molecule is C=CC[C@@H](CC(=O)OC(C)(C)C)O[Si](c1ccccc1)(c1ccccc1)C(C)(C)C. The van der Waals surface area contributed by atoms with Crippen LogP contribution in [0.25, 0.3) is 0 Å². The number of carbonyl (C=O) groups excluding carboxylic acids is 1. The molecule has 0 heterocycles. The van der Waals surface area contributed by atoms with E-state index in [2.05, 4.69) is 75.9 Å². The van der Waals surface area contributed by atoms with Gasteiger partial charge < -0.3 is 9.16 Å². The lowest BCUT2D eigenvalue weighted by Crippen LogP contribution is -2.67. The molecule has 2 rings (SSSR count). The summed E-state index contributed by atoms with van der Waals surface area (Å²) < 4.78 is 12.7. The molecule has 2 aromatic carbocycles. The summed E-state index contributed by atoms with van der Waals surface area (Å²) >= 11 is 0. The van der Waals surface area contributed by atoms with E-state index in [9.17, 15) is 4.79 Å². The molecule has 0 radical (unpaired) electrons. The second-order valence-corrected chi connectivity index (χ2v) is 14.0. The molecule has 0 saturated carbocycles. The zero-order chi connectivity index (χ0) is 22.4. The Morgan fingerprint density at radius 3 is 1.77 bits per heavy atom. The van der Waals surface area contributed by atoms with Crippen molar-refractivity contribution in [2.75, 3.05) is 0 Å². The molecule has 1 atom stereocenters. The highest BCUT2D eigenvalue weighted by Crippen LogP contribution is 2.38. The average molecular weight is 425 g/mol. The molecule has 0 spiro atoms. The molecule has 0 amide bonds. The van der Waals surface area contributed by atoms with Crippen molar-refractivity contribution in [3.05, 3.63) is 73.3 Å². The quantitative estimate of drug-likeness (QED) is 0.330. The van der Waals surface area contributed by atoms with Gasteiger partial charge in [-0.2, -0.15) is 0 Å². The normalized spacial score (nSPS) is 13.5. The first-order valence-corrected chi connectivity index (χ1v) is 12.5. The third-order valence-corrected chi connectivity index (χ3v) is 10.1. The summed E-state index contributed by atoms with van der Waals surface area (Å²) in [5, 5.41) is 2.24. The van der Waals surface area contributed by atoms with Gasteiger partial charge in [-0.1, -0.05) is 87.5 Å². The van der Waals surface area contributed by atoms with E-state index in [1.165, 1.54) is 10.4 Å². The lowest BCUT2D eigenvalue weighted by molar-refractivity contribution is -0.156. The molecular weight excluding hydrogens is 388 g/mol. The van der Waals surface area contributed by atoms with Gasteiger partial charge in [0.15, 0.2) is 0 Å². The van der Waals surface area contributed by atoms with E-state index >= 15 is 0 Å². The van der Waals surface area contributed by atoms with Gasteiger partial charge in [0.05, 0.1) is 12.5 Å². The Labute approximate surface area is 183 Å². The number of rotatable bonds is 8. The minimum atomic E-state index is -2.73. The Kier molecular flexibility index (Phi) is 7.84. The lowest BCUT2D eigenvalue weighted by Gasteiger charge is -2.45. The number of hydrogen-bond acceptors (Lipinski definition) is 3. The topological polar surface area (TPSA) is 35.5 Å². The summed E-state index contributed by atoms with van der Waals surface area (Å²) in [4.78, 5) is 12.6. The Morgan fingerprint density at radius 2 is 1.40 bits per heavy atom. The first kappa shape index (κ1) is 24.1. The van der Waals surface area contributed by atoms with Gasteiger partial charge >= 0.3 is 5.97 Å². The molecule has 0 aliphatic carbocycles. The molecular formula is C26H36O3Si. The van der Waals surface area contributed by atoms with Gasteiger partial charge in [-0.15, -0.1) is 6.58 Å². The van der Waals surface area contributed by atoms with Crippen molar-refractivity contribution in [3.63, 3.8) is 0 Å². The summed E-state index contributed by atoms with van der Waals surface area (Å²) in [6.45, 7) is 16.3. The Balaban J connectivity index is 2.55. The second kappa shape index (κ2) is 9.76. The van der Waals surface area contributed by atoms with Crippen molar-refractivity contribution >= 4 is 24.7 Å². The number of hydrogen-bond donors (Lipinski definition) is 0. The van der Waals surface area contributed by atoms with E-state index in [1.807, 2.05) is 39.0 Å². The molecule has 4 heteroatoms. The van der Waals surface area contributed by atoms with Gasteiger partial charge in [0.2, 0.25) is 0 Å². The molecule has 0 aliphatic heterocycles. The van der Waals surface area contributed by atoms with Crippen LogP contribution in [0.3, 0.4) is 0 Å². The largest absolute Gasteiger partial charge is 0.460 e. The fourth-order valence-electron chi connectivity index (χ4n) is 3.87. The van der Waals surface area contributed by atoms with Crippen molar-refractivity contribution in [1.29, 1.82) is 0 Å². The van der Waals surface area contributed by atoms with Crippen molar-refractivity contribution in [1.82, 2.24) is 0 Å². The first-order chi connectivity index (χ1) is 14.0. The van der Waals surface area contributed by atoms with Crippen LogP contribution in [0.4, 0.5) is 0 Å². The van der Waals surface area contributed by atoms with E-state index < -0.39 is 13.9 Å². The van der Waals surface area contributed by atoms with Crippen molar-refractivity contribution in [3.8, 4) is 0 Å².